The van der Waals surface area contributed by atoms with Crippen LogP contribution in [0.5, 0.6) is 5.75 Å². The van der Waals surface area contributed by atoms with Crippen LogP contribution < -0.4 is 15.8 Å². The van der Waals surface area contributed by atoms with Gasteiger partial charge in [-0.2, -0.15) is 0 Å². The molecule has 3 amide bonds. The normalized spacial score (nSPS) is 10.4. The molecular weight excluding hydrogens is 382 g/mol. The van der Waals surface area contributed by atoms with Crippen molar-refractivity contribution in [1.82, 2.24) is 10.2 Å². The number of nitrogens with zero attached hydrogens (tertiary/aromatic N) is 1. The Balaban J connectivity index is 2.26. The Bertz CT molecular complexity index is 905. The average Bonchev–Trinajstić information content (AvgIpc) is 2.76. The zero-order chi connectivity index (χ0) is 22.1. The smallest absolute Gasteiger partial charge is 0.253 e. The Labute approximate surface area is 177 Å². The van der Waals surface area contributed by atoms with Crippen LogP contribution in [-0.4, -0.2) is 42.8 Å². The molecule has 0 radical (unpaired) electrons. The zero-order valence-corrected chi connectivity index (χ0v) is 17.7. The van der Waals surface area contributed by atoms with Gasteiger partial charge in [0, 0.05) is 36.3 Å². The molecule has 0 saturated carbocycles. The summed E-state index contributed by atoms with van der Waals surface area (Å²) >= 11 is 0. The first kappa shape index (κ1) is 22.9. The molecule has 0 aromatic heterocycles. The van der Waals surface area contributed by atoms with E-state index >= 15 is 0 Å². The van der Waals surface area contributed by atoms with Crippen molar-refractivity contribution in [1.29, 1.82) is 0 Å². The van der Waals surface area contributed by atoms with Crippen LogP contribution >= 0.6 is 0 Å². The molecule has 0 saturated heterocycles. The van der Waals surface area contributed by atoms with Crippen LogP contribution in [0.15, 0.2) is 42.5 Å². The van der Waals surface area contributed by atoms with Crippen LogP contribution in [0.1, 0.15) is 63.3 Å². The molecule has 2 aromatic rings. The Hall–Kier alpha value is -3.35. The number of amides is 3. The lowest BCUT2D eigenvalue weighted by molar-refractivity contribution is 0.0755. The summed E-state index contributed by atoms with van der Waals surface area (Å²) in [5.41, 5.74) is 6.91. The second-order valence-corrected chi connectivity index (χ2v) is 6.99. The molecule has 0 spiro atoms. The molecule has 160 valence electrons. The fourth-order valence-corrected chi connectivity index (χ4v) is 3.13. The third-order valence-corrected chi connectivity index (χ3v) is 4.59. The molecule has 0 aliphatic carbocycles. The topological polar surface area (TPSA) is 102 Å². The highest BCUT2D eigenvalue weighted by Crippen LogP contribution is 2.15. The van der Waals surface area contributed by atoms with Crippen LogP contribution in [-0.2, 0) is 6.54 Å². The average molecular weight is 412 g/mol. The first-order valence-corrected chi connectivity index (χ1v) is 10.0. The molecular formula is C23H29N3O4. The van der Waals surface area contributed by atoms with Crippen molar-refractivity contribution in [3.8, 4) is 5.75 Å². The molecule has 7 nitrogen and oxygen atoms in total. The fourth-order valence-electron chi connectivity index (χ4n) is 3.13. The van der Waals surface area contributed by atoms with E-state index in [1.807, 2.05) is 38.1 Å². The molecule has 0 heterocycles. The van der Waals surface area contributed by atoms with E-state index < -0.39 is 11.8 Å². The van der Waals surface area contributed by atoms with Crippen molar-refractivity contribution in [2.24, 2.45) is 5.73 Å². The molecule has 30 heavy (non-hydrogen) atoms. The monoisotopic (exact) mass is 411 g/mol. The largest absolute Gasteiger partial charge is 0.497 e. The predicted octanol–water partition coefficient (Wildman–Crippen LogP) is 2.99. The SMILES string of the molecule is CCCN(CCC)C(=O)c1cc(C(N)=O)cc(C(=O)NCc2cccc(OC)c2)c1. The molecule has 7 heteroatoms. The summed E-state index contributed by atoms with van der Waals surface area (Å²) in [4.78, 5) is 39.2. The zero-order valence-electron chi connectivity index (χ0n) is 17.7. The number of nitrogens with two attached hydrogens (primary N) is 1. The Morgan fingerprint density at radius 3 is 2.20 bits per heavy atom. The number of benzene rings is 2. The van der Waals surface area contributed by atoms with Gasteiger partial charge in [0.15, 0.2) is 0 Å². The van der Waals surface area contributed by atoms with E-state index in [2.05, 4.69) is 5.32 Å². The minimum Gasteiger partial charge on any atom is -0.497 e. The lowest BCUT2D eigenvalue weighted by Crippen LogP contribution is -2.33. The van der Waals surface area contributed by atoms with Crippen molar-refractivity contribution in [3.05, 3.63) is 64.7 Å². The molecule has 0 aliphatic heterocycles. The third kappa shape index (κ3) is 6.07. The predicted molar refractivity (Wildman–Crippen MR) is 116 cm³/mol. The Kier molecular flexibility index (Phi) is 8.41. The lowest BCUT2D eigenvalue weighted by atomic mass is 10.0. The van der Waals surface area contributed by atoms with E-state index in [0.29, 0.717) is 18.8 Å². The van der Waals surface area contributed by atoms with Gasteiger partial charge in [-0.15, -0.1) is 0 Å². The van der Waals surface area contributed by atoms with Gasteiger partial charge < -0.3 is 20.7 Å². The maximum atomic E-state index is 13.0. The molecule has 2 rings (SSSR count). The van der Waals surface area contributed by atoms with Gasteiger partial charge >= 0.3 is 0 Å². The van der Waals surface area contributed by atoms with Gasteiger partial charge in [-0.05, 0) is 48.7 Å². The van der Waals surface area contributed by atoms with Gasteiger partial charge in [-0.1, -0.05) is 26.0 Å². The van der Waals surface area contributed by atoms with Gasteiger partial charge in [0.1, 0.15) is 5.75 Å². The van der Waals surface area contributed by atoms with E-state index in [1.54, 1.807) is 12.0 Å². The summed E-state index contributed by atoms with van der Waals surface area (Å²) in [5, 5.41) is 2.81. The standard InChI is InChI=1S/C23H29N3O4/c1-4-9-26(10-5-2)23(29)19-13-17(21(24)27)12-18(14-19)22(28)25-15-16-7-6-8-20(11-16)30-3/h6-8,11-14H,4-5,9-10,15H2,1-3H3,(H2,24,27)(H,25,28). The number of hydrogen-bond donors (Lipinski definition) is 2. The van der Waals surface area contributed by atoms with Gasteiger partial charge in [-0.3, -0.25) is 14.4 Å². The van der Waals surface area contributed by atoms with Crippen LogP contribution in [0.3, 0.4) is 0 Å². The minimum atomic E-state index is -0.691. The van der Waals surface area contributed by atoms with E-state index in [0.717, 1.165) is 18.4 Å². The van der Waals surface area contributed by atoms with Gasteiger partial charge in [-0.25, -0.2) is 0 Å². The minimum absolute atomic E-state index is 0.125. The molecule has 0 bridgehead atoms. The lowest BCUT2D eigenvalue weighted by Gasteiger charge is -2.22. The highest BCUT2D eigenvalue weighted by atomic mass is 16.5. The van der Waals surface area contributed by atoms with Crippen molar-refractivity contribution in [2.75, 3.05) is 20.2 Å². The second kappa shape index (κ2) is 11.0. The third-order valence-electron chi connectivity index (χ3n) is 4.59. The molecule has 0 fully saturated rings. The molecule has 0 aliphatic rings. The van der Waals surface area contributed by atoms with Gasteiger partial charge in [0.25, 0.3) is 11.8 Å². The summed E-state index contributed by atoms with van der Waals surface area (Å²) in [6.45, 7) is 5.47. The van der Waals surface area contributed by atoms with Crippen LogP contribution in [0.2, 0.25) is 0 Å². The number of primary amides is 1. The molecule has 3 N–H and O–H groups in total. The maximum absolute atomic E-state index is 13.0. The Morgan fingerprint density at radius 1 is 0.967 bits per heavy atom. The van der Waals surface area contributed by atoms with E-state index in [-0.39, 0.29) is 29.1 Å². The Morgan fingerprint density at radius 2 is 1.60 bits per heavy atom. The molecule has 2 aromatic carbocycles. The summed E-state index contributed by atoms with van der Waals surface area (Å²) < 4.78 is 5.19. The molecule has 0 atom stereocenters. The van der Waals surface area contributed by atoms with E-state index in [4.69, 9.17) is 10.5 Å². The van der Waals surface area contributed by atoms with Crippen molar-refractivity contribution in [2.45, 2.75) is 33.2 Å². The number of ether oxygens (including phenoxy) is 1. The van der Waals surface area contributed by atoms with Crippen LogP contribution in [0, 0.1) is 0 Å². The summed E-state index contributed by atoms with van der Waals surface area (Å²) in [7, 11) is 1.58. The van der Waals surface area contributed by atoms with E-state index in [9.17, 15) is 14.4 Å². The fraction of sp³-hybridized carbons (Fsp3) is 0.348. The van der Waals surface area contributed by atoms with Crippen LogP contribution in [0.4, 0.5) is 0 Å². The number of rotatable bonds is 10. The van der Waals surface area contributed by atoms with Crippen molar-refractivity contribution < 1.29 is 19.1 Å². The van der Waals surface area contributed by atoms with Gasteiger partial charge in [0.05, 0.1) is 7.11 Å². The van der Waals surface area contributed by atoms with Crippen molar-refractivity contribution >= 4 is 17.7 Å². The van der Waals surface area contributed by atoms with E-state index in [1.165, 1.54) is 18.2 Å². The second-order valence-electron chi connectivity index (χ2n) is 6.99. The summed E-state index contributed by atoms with van der Waals surface area (Å²) in [5.74, 6) is -0.613. The van der Waals surface area contributed by atoms with Crippen molar-refractivity contribution in [3.63, 3.8) is 0 Å². The first-order valence-electron chi connectivity index (χ1n) is 10.0. The summed E-state index contributed by atoms with van der Waals surface area (Å²) in [6, 6.07) is 11.7. The number of carbonyl (C=O) groups excluding carboxylic acids is 3. The number of methoxy groups -OCH3 is 1. The molecule has 0 unspecified atom stereocenters. The highest BCUT2D eigenvalue weighted by molar-refractivity contribution is 6.04. The number of nitrogens with one attached hydrogen (secondary N) is 1. The quantitative estimate of drug-likeness (QED) is 0.627. The number of hydrogen-bond acceptors (Lipinski definition) is 4. The van der Waals surface area contributed by atoms with Gasteiger partial charge in [0.2, 0.25) is 5.91 Å². The highest BCUT2D eigenvalue weighted by Gasteiger charge is 2.19. The maximum Gasteiger partial charge on any atom is 0.253 e. The number of carbonyl (C=O) groups is 3. The van der Waals surface area contributed by atoms with Crippen LogP contribution in [0.25, 0.3) is 0 Å². The summed E-state index contributed by atoms with van der Waals surface area (Å²) in [6.07, 6.45) is 1.63. The first-order chi connectivity index (χ1) is 14.4.